The second-order valence-corrected chi connectivity index (χ2v) is 6.56. The van der Waals surface area contributed by atoms with E-state index in [0.29, 0.717) is 17.6 Å². The molecule has 6 nitrogen and oxygen atoms in total. The smallest absolute Gasteiger partial charge is 0.341 e. The second-order valence-electron chi connectivity index (χ2n) is 6.56. The largest absolute Gasteiger partial charge is 0.418 e. The predicted molar refractivity (Wildman–Crippen MR) is 96.7 cm³/mol. The van der Waals surface area contributed by atoms with Crippen LogP contribution in [-0.2, 0) is 6.18 Å². The highest BCUT2D eigenvalue weighted by atomic mass is 19.4. The summed E-state index contributed by atoms with van der Waals surface area (Å²) < 4.78 is 38.9. The van der Waals surface area contributed by atoms with E-state index in [1.807, 2.05) is 0 Å². The van der Waals surface area contributed by atoms with Crippen molar-refractivity contribution in [1.82, 2.24) is 9.97 Å². The molecule has 0 unspecified atom stereocenters. The van der Waals surface area contributed by atoms with Crippen LogP contribution in [0.5, 0.6) is 0 Å². The van der Waals surface area contributed by atoms with Gasteiger partial charge in [0, 0.05) is 13.1 Å². The van der Waals surface area contributed by atoms with E-state index in [1.54, 1.807) is 0 Å². The molecule has 1 aromatic heterocycles. The molecule has 9 heteroatoms. The first-order chi connectivity index (χ1) is 12.8. The molecule has 2 N–H and O–H groups in total. The number of alkyl halides is 3. The number of hydrogen-bond acceptors (Lipinski definition) is 4. The van der Waals surface area contributed by atoms with Gasteiger partial charge in [-0.05, 0) is 30.9 Å². The molecule has 1 fully saturated rings. The molecule has 1 saturated heterocycles. The average Bonchev–Trinajstić information content (AvgIpc) is 2.62. The summed E-state index contributed by atoms with van der Waals surface area (Å²) >= 11 is 0. The van der Waals surface area contributed by atoms with Gasteiger partial charge in [-0.2, -0.15) is 13.2 Å². The minimum Gasteiger partial charge on any atom is -0.341 e. The number of nitrogens with zero attached hydrogens (tertiary/aromatic N) is 3. The molecule has 27 heavy (non-hydrogen) atoms. The van der Waals surface area contributed by atoms with Gasteiger partial charge in [-0.3, -0.25) is 0 Å². The highest BCUT2D eigenvalue weighted by molar-refractivity contribution is 6.00. The van der Waals surface area contributed by atoms with Crippen LogP contribution in [0, 0.1) is 5.92 Å². The van der Waals surface area contributed by atoms with Crippen molar-refractivity contribution >= 4 is 23.4 Å². The van der Waals surface area contributed by atoms with E-state index in [9.17, 15) is 18.0 Å². The van der Waals surface area contributed by atoms with Gasteiger partial charge in [-0.15, -0.1) is 0 Å². The van der Waals surface area contributed by atoms with Gasteiger partial charge in [0.1, 0.15) is 0 Å². The topological polar surface area (TPSA) is 70.2 Å². The standard InChI is InChI=1S/C18H20F3N5O/c1-12-6-8-26(9-7-12)16-22-10-13(11-23-16)24-17(27)25-15-5-3-2-4-14(15)18(19,20)21/h2-5,10-12H,6-9H2,1H3,(H2,24,25,27). The average molecular weight is 379 g/mol. The zero-order valence-electron chi connectivity index (χ0n) is 14.8. The number of amides is 2. The Morgan fingerprint density at radius 1 is 1.11 bits per heavy atom. The summed E-state index contributed by atoms with van der Waals surface area (Å²) in [6.45, 7) is 3.96. The Kier molecular flexibility index (Phi) is 5.48. The minimum absolute atomic E-state index is 0.297. The Bertz CT molecular complexity index is 786. The van der Waals surface area contributed by atoms with Crippen LogP contribution in [0.3, 0.4) is 0 Å². The lowest BCUT2D eigenvalue weighted by Gasteiger charge is -2.30. The van der Waals surface area contributed by atoms with Crippen molar-refractivity contribution in [2.24, 2.45) is 5.92 Å². The summed E-state index contributed by atoms with van der Waals surface area (Å²) in [5.74, 6) is 1.26. The summed E-state index contributed by atoms with van der Waals surface area (Å²) in [5.41, 5.74) is -0.931. The van der Waals surface area contributed by atoms with Crippen molar-refractivity contribution in [1.29, 1.82) is 0 Å². The van der Waals surface area contributed by atoms with Crippen LogP contribution in [0.2, 0.25) is 0 Å². The van der Waals surface area contributed by atoms with Crippen molar-refractivity contribution in [3.05, 3.63) is 42.2 Å². The fourth-order valence-electron chi connectivity index (χ4n) is 2.88. The van der Waals surface area contributed by atoms with Crippen molar-refractivity contribution in [2.75, 3.05) is 28.6 Å². The zero-order chi connectivity index (χ0) is 19.4. The Balaban J connectivity index is 1.62. The normalized spacial score (nSPS) is 15.5. The van der Waals surface area contributed by atoms with E-state index in [1.165, 1.54) is 30.6 Å². The molecule has 0 saturated carbocycles. The summed E-state index contributed by atoms with van der Waals surface area (Å²) in [5, 5.41) is 4.66. The summed E-state index contributed by atoms with van der Waals surface area (Å²) in [7, 11) is 0. The molecule has 0 spiro atoms. The Morgan fingerprint density at radius 3 is 2.37 bits per heavy atom. The van der Waals surface area contributed by atoms with Crippen LogP contribution in [0.4, 0.5) is 35.3 Å². The van der Waals surface area contributed by atoms with E-state index in [0.717, 1.165) is 32.0 Å². The van der Waals surface area contributed by atoms with E-state index in [2.05, 4.69) is 32.4 Å². The lowest BCUT2D eigenvalue weighted by Crippen LogP contribution is -2.34. The molecule has 3 rings (SSSR count). The lowest BCUT2D eigenvalue weighted by molar-refractivity contribution is -0.136. The molecule has 1 aromatic carbocycles. The third-order valence-electron chi connectivity index (χ3n) is 4.44. The molecule has 144 valence electrons. The van der Waals surface area contributed by atoms with E-state index >= 15 is 0 Å². The Morgan fingerprint density at radius 2 is 1.74 bits per heavy atom. The van der Waals surface area contributed by atoms with Crippen molar-refractivity contribution in [3.63, 3.8) is 0 Å². The van der Waals surface area contributed by atoms with Crippen molar-refractivity contribution < 1.29 is 18.0 Å². The van der Waals surface area contributed by atoms with Gasteiger partial charge >= 0.3 is 12.2 Å². The van der Waals surface area contributed by atoms with Gasteiger partial charge in [0.2, 0.25) is 5.95 Å². The first-order valence-electron chi connectivity index (χ1n) is 8.64. The summed E-state index contributed by atoms with van der Waals surface area (Å²) in [6.07, 6.45) is 0.473. The summed E-state index contributed by atoms with van der Waals surface area (Å²) in [6, 6.07) is 3.99. The quantitative estimate of drug-likeness (QED) is 0.831. The molecule has 1 aliphatic heterocycles. The maximum absolute atomic E-state index is 13.0. The highest BCUT2D eigenvalue weighted by Gasteiger charge is 2.33. The SMILES string of the molecule is CC1CCN(c2ncc(NC(=O)Nc3ccccc3C(F)(F)F)cn2)CC1. The fourth-order valence-corrected chi connectivity index (χ4v) is 2.88. The maximum Gasteiger partial charge on any atom is 0.418 e. The van der Waals surface area contributed by atoms with Crippen LogP contribution in [0.25, 0.3) is 0 Å². The molecule has 0 aliphatic carbocycles. The number of rotatable bonds is 3. The highest BCUT2D eigenvalue weighted by Crippen LogP contribution is 2.34. The number of aromatic nitrogens is 2. The molecule has 0 atom stereocenters. The lowest BCUT2D eigenvalue weighted by atomic mass is 10.00. The minimum atomic E-state index is -4.55. The third-order valence-corrected chi connectivity index (χ3v) is 4.44. The second kappa shape index (κ2) is 7.81. The Labute approximate surface area is 154 Å². The molecule has 0 radical (unpaired) electrons. The first kappa shape index (κ1) is 18.9. The number of carbonyl (C=O) groups excluding carboxylic acids is 1. The van der Waals surface area contributed by atoms with Gasteiger partial charge in [-0.1, -0.05) is 19.1 Å². The summed E-state index contributed by atoms with van der Waals surface area (Å²) in [4.78, 5) is 22.6. The molecule has 2 heterocycles. The number of benzene rings is 1. The number of hydrogen-bond donors (Lipinski definition) is 2. The maximum atomic E-state index is 13.0. The van der Waals surface area contributed by atoms with Crippen LogP contribution in [0.1, 0.15) is 25.3 Å². The van der Waals surface area contributed by atoms with Gasteiger partial charge in [0.15, 0.2) is 0 Å². The van der Waals surface area contributed by atoms with E-state index < -0.39 is 17.8 Å². The van der Waals surface area contributed by atoms with Crippen molar-refractivity contribution in [2.45, 2.75) is 25.9 Å². The molecule has 1 aliphatic rings. The van der Waals surface area contributed by atoms with E-state index in [4.69, 9.17) is 0 Å². The van der Waals surface area contributed by atoms with Crippen LogP contribution >= 0.6 is 0 Å². The monoisotopic (exact) mass is 379 g/mol. The number of nitrogens with one attached hydrogen (secondary N) is 2. The molecule has 0 bridgehead atoms. The third kappa shape index (κ3) is 4.87. The Hall–Kier alpha value is -2.84. The van der Waals surface area contributed by atoms with Crippen LogP contribution in [0.15, 0.2) is 36.7 Å². The number of carbonyl (C=O) groups is 1. The van der Waals surface area contributed by atoms with Gasteiger partial charge in [-0.25, -0.2) is 14.8 Å². The van der Waals surface area contributed by atoms with Gasteiger partial charge in [0.05, 0.1) is 29.3 Å². The number of para-hydroxylation sites is 1. The predicted octanol–water partition coefficient (Wildman–Crippen LogP) is 4.38. The van der Waals surface area contributed by atoms with Gasteiger partial charge in [0.25, 0.3) is 0 Å². The number of halogens is 3. The molecule has 2 aromatic rings. The number of piperidine rings is 1. The molecule has 2 amide bonds. The van der Waals surface area contributed by atoms with E-state index in [-0.39, 0.29) is 5.69 Å². The van der Waals surface area contributed by atoms with Crippen molar-refractivity contribution in [3.8, 4) is 0 Å². The van der Waals surface area contributed by atoms with Crippen LogP contribution in [-0.4, -0.2) is 29.1 Å². The van der Waals surface area contributed by atoms with Gasteiger partial charge < -0.3 is 15.5 Å². The molecular formula is C18H20F3N5O. The first-order valence-corrected chi connectivity index (χ1v) is 8.64. The zero-order valence-corrected chi connectivity index (χ0v) is 14.8. The number of anilines is 3. The number of urea groups is 1. The van der Waals surface area contributed by atoms with Crippen LogP contribution < -0.4 is 15.5 Å². The fraction of sp³-hybridized carbons (Fsp3) is 0.389. The molecular weight excluding hydrogens is 359 g/mol.